The molecule has 8 heteroatoms. The van der Waals surface area contributed by atoms with Crippen LogP contribution in [0, 0.1) is 11.3 Å². The average Bonchev–Trinajstić information content (AvgIpc) is 2.68. The van der Waals surface area contributed by atoms with Crippen molar-refractivity contribution in [1.29, 1.82) is 5.26 Å². The van der Waals surface area contributed by atoms with E-state index < -0.39 is 0 Å². The number of carbonyl (C=O) groups excluding carboxylic acids is 2. The quantitative estimate of drug-likeness (QED) is 0.648. The molecule has 1 heterocycles. The monoisotopic (exact) mass is 475 g/mol. The van der Waals surface area contributed by atoms with Gasteiger partial charge in [0.2, 0.25) is 11.8 Å². The number of thioether (sulfide) groups is 1. The first-order chi connectivity index (χ1) is 13.5. The van der Waals surface area contributed by atoms with Gasteiger partial charge in [-0.2, -0.15) is 5.26 Å². The van der Waals surface area contributed by atoms with Crippen molar-refractivity contribution in [3.63, 3.8) is 0 Å². The molecule has 2 amide bonds. The van der Waals surface area contributed by atoms with E-state index in [0.29, 0.717) is 21.3 Å². The summed E-state index contributed by atoms with van der Waals surface area (Å²) in [5.41, 5.74) is 1.96. The molecule has 0 fully saturated rings. The number of anilines is 1. The van der Waals surface area contributed by atoms with Crippen LogP contribution in [0.25, 0.3) is 0 Å². The molecule has 0 saturated carbocycles. The number of hydrogen-bond donors (Lipinski definition) is 2. The molecule has 1 aliphatic heterocycles. The molecule has 1 atom stereocenters. The fourth-order valence-corrected chi connectivity index (χ4v) is 4.05. The molecule has 28 heavy (non-hydrogen) atoms. The Labute approximate surface area is 180 Å². The lowest BCUT2D eigenvalue weighted by Gasteiger charge is -2.25. The van der Waals surface area contributed by atoms with Gasteiger partial charge in [0.25, 0.3) is 0 Å². The van der Waals surface area contributed by atoms with Crippen LogP contribution in [-0.2, 0) is 9.59 Å². The fourth-order valence-electron chi connectivity index (χ4n) is 2.78. The van der Waals surface area contributed by atoms with Crippen LogP contribution < -0.4 is 10.6 Å². The Morgan fingerprint density at radius 2 is 1.93 bits per heavy atom. The van der Waals surface area contributed by atoms with Crippen LogP contribution in [-0.4, -0.2) is 17.6 Å². The number of allylic oxidation sites excluding steroid dienone is 1. The first kappa shape index (κ1) is 20.5. The van der Waals surface area contributed by atoms with Gasteiger partial charge in [-0.05, 0) is 42.0 Å². The Morgan fingerprint density at radius 3 is 2.57 bits per heavy atom. The highest BCUT2D eigenvalue weighted by atomic mass is 79.9. The van der Waals surface area contributed by atoms with Crippen LogP contribution in [0.15, 0.2) is 63.6 Å². The lowest BCUT2D eigenvalue weighted by Crippen LogP contribution is -2.31. The van der Waals surface area contributed by atoms with Crippen LogP contribution in [0.1, 0.15) is 17.9 Å². The van der Waals surface area contributed by atoms with E-state index in [-0.39, 0.29) is 29.9 Å². The van der Waals surface area contributed by atoms with Gasteiger partial charge in [0, 0.05) is 27.5 Å². The second-order valence-electron chi connectivity index (χ2n) is 6.05. The molecule has 2 N–H and O–H groups in total. The number of nitrogens with one attached hydrogen (secondary N) is 2. The van der Waals surface area contributed by atoms with Crippen LogP contribution in [0.3, 0.4) is 0 Å². The standard InChI is InChI=1S/C20H15BrClN3O2S/c21-13-3-7-15(8-4-13)24-19(27)11-28-20-17(10-23)16(9-18(26)25-20)12-1-5-14(22)6-2-12/h1-8,16H,9,11H2,(H,24,27)(H,25,26)/t16-/m1/s1. The number of hydrogen-bond acceptors (Lipinski definition) is 4. The first-order valence-corrected chi connectivity index (χ1v) is 10.5. The highest BCUT2D eigenvalue weighted by Crippen LogP contribution is 2.36. The van der Waals surface area contributed by atoms with E-state index in [2.05, 4.69) is 32.6 Å². The normalized spacial score (nSPS) is 16.3. The average molecular weight is 477 g/mol. The zero-order chi connectivity index (χ0) is 20.1. The third kappa shape index (κ3) is 5.16. The molecule has 0 saturated heterocycles. The van der Waals surface area contributed by atoms with E-state index in [9.17, 15) is 14.9 Å². The van der Waals surface area contributed by atoms with Crippen molar-refractivity contribution in [2.45, 2.75) is 12.3 Å². The number of benzene rings is 2. The molecule has 5 nitrogen and oxygen atoms in total. The summed E-state index contributed by atoms with van der Waals surface area (Å²) in [4.78, 5) is 24.4. The third-order valence-electron chi connectivity index (χ3n) is 4.10. The number of amides is 2. The van der Waals surface area contributed by atoms with Gasteiger partial charge < -0.3 is 10.6 Å². The highest BCUT2D eigenvalue weighted by molar-refractivity contribution is 9.10. The van der Waals surface area contributed by atoms with E-state index in [0.717, 1.165) is 21.8 Å². The van der Waals surface area contributed by atoms with Gasteiger partial charge in [0.1, 0.15) is 0 Å². The van der Waals surface area contributed by atoms with Gasteiger partial charge in [0.15, 0.2) is 0 Å². The predicted octanol–water partition coefficient (Wildman–Crippen LogP) is 4.81. The second kappa shape index (κ2) is 9.28. The largest absolute Gasteiger partial charge is 0.325 e. The first-order valence-electron chi connectivity index (χ1n) is 8.34. The van der Waals surface area contributed by atoms with E-state index in [1.54, 1.807) is 24.3 Å². The predicted molar refractivity (Wildman–Crippen MR) is 115 cm³/mol. The van der Waals surface area contributed by atoms with Crippen molar-refractivity contribution in [2.24, 2.45) is 0 Å². The number of nitrogens with zero attached hydrogens (tertiary/aromatic N) is 1. The molecule has 2 aromatic carbocycles. The third-order valence-corrected chi connectivity index (χ3v) is 5.90. The Kier molecular flexibility index (Phi) is 6.79. The topological polar surface area (TPSA) is 82.0 Å². The molecule has 142 valence electrons. The van der Waals surface area contributed by atoms with Gasteiger partial charge in [0.05, 0.1) is 22.4 Å². The van der Waals surface area contributed by atoms with E-state index >= 15 is 0 Å². The van der Waals surface area contributed by atoms with E-state index in [1.807, 2.05) is 24.3 Å². The summed E-state index contributed by atoms with van der Waals surface area (Å²) in [6.45, 7) is 0. The van der Waals surface area contributed by atoms with Crippen molar-refractivity contribution in [3.8, 4) is 6.07 Å². The summed E-state index contributed by atoms with van der Waals surface area (Å²) >= 11 is 10.4. The highest BCUT2D eigenvalue weighted by Gasteiger charge is 2.29. The molecular weight excluding hydrogens is 462 g/mol. The van der Waals surface area contributed by atoms with Crippen molar-refractivity contribution >= 4 is 56.8 Å². The maximum atomic E-state index is 12.2. The second-order valence-corrected chi connectivity index (χ2v) is 8.39. The molecule has 0 aliphatic carbocycles. The Balaban J connectivity index is 1.73. The summed E-state index contributed by atoms with van der Waals surface area (Å²) in [5, 5.41) is 16.2. The van der Waals surface area contributed by atoms with Gasteiger partial charge in [-0.25, -0.2) is 0 Å². The van der Waals surface area contributed by atoms with Crippen molar-refractivity contribution in [1.82, 2.24) is 5.32 Å². The maximum Gasteiger partial charge on any atom is 0.234 e. The Bertz CT molecular complexity index is 968. The number of carbonyl (C=O) groups is 2. The summed E-state index contributed by atoms with van der Waals surface area (Å²) < 4.78 is 0.918. The minimum absolute atomic E-state index is 0.0736. The molecule has 0 bridgehead atoms. The molecule has 0 radical (unpaired) electrons. The molecule has 0 unspecified atom stereocenters. The smallest absolute Gasteiger partial charge is 0.234 e. The van der Waals surface area contributed by atoms with Crippen LogP contribution in [0.5, 0.6) is 0 Å². The molecule has 3 rings (SSSR count). The van der Waals surface area contributed by atoms with Crippen molar-refractivity contribution in [3.05, 3.63) is 74.2 Å². The van der Waals surface area contributed by atoms with Gasteiger partial charge in [-0.15, -0.1) is 0 Å². The number of nitriles is 1. The summed E-state index contributed by atoms with van der Waals surface area (Å²) in [7, 11) is 0. The van der Waals surface area contributed by atoms with Gasteiger partial charge in [-0.1, -0.05) is 51.4 Å². The molecular formula is C20H15BrClN3O2S. The van der Waals surface area contributed by atoms with Crippen molar-refractivity contribution < 1.29 is 9.59 Å². The Hall–Kier alpha value is -2.27. The minimum atomic E-state index is -0.354. The molecule has 2 aromatic rings. The van der Waals surface area contributed by atoms with Crippen LogP contribution in [0.4, 0.5) is 5.69 Å². The summed E-state index contributed by atoms with van der Waals surface area (Å²) in [6, 6.07) is 16.5. The van der Waals surface area contributed by atoms with Crippen LogP contribution >= 0.6 is 39.3 Å². The van der Waals surface area contributed by atoms with Crippen LogP contribution in [0.2, 0.25) is 5.02 Å². The lowest BCUT2D eigenvalue weighted by atomic mass is 9.87. The SMILES string of the molecule is N#CC1=C(SCC(=O)Nc2ccc(Br)cc2)NC(=O)C[C@@H]1c1ccc(Cl)cc1. The molecule has 0 spiro atoms. The minimum Gasteiger partial charge on any atom is -0.325 e. The lowest BCUT2D eigenvalue weighted by molar-refractivity contribution is -0.121. The molecule has 0 aromatic heterocycles. The zero-order valence-corrected chi connectivity index (χ0v) is 17.7. The Morgan fingerprint density at radius 1 is 1.25 bits per heavy atom. The van der Waals surface area contributed by atoms with E-state index in [1.165, 1.54) is 0 Å². The number of rotatable bonds is 5. The summed E-state index contributed by atoms with van der Waals surface area (Å²) in [5.74, 6) is -0.688. The maximum absolute atomic E-state index is 12.2. The fraction of sp³-hybridized carbons (Fsp3) is 0.150. The van der Waals surface area contributed by atoms with Crippen molar-refractivity contribution in [2.75, 3.05) is 11.1 Å². The van der Waals surface area contributed by atoms with E-state index in [4.69, 9.17) is 11.6 Å². The van der Waals surface area contributed by atoms with Gasteiger partial charge >= 0.3 is 0 Å². The summed E-state index contributed by atoms with van der Waals surface area (Å²) in [6.07, 6.45) is 0.180. The zero-order valence-electron chi connectivity index (χ0n) is 14.5. The van der Waals surface area contributed by atoms with Gasteiger partial charge in [-0.3, -0.25) is 9.59 Å². The number of halogens is 2. The molecule has 1 aliphatic rings.